The van der Waals surface area contributed by atoms with Crippen molar-refractivity contribution in [3.8, 4) is 0 Å². The molecular formula is C9H6ClNO2. The predicted octanol–water partition coefficient (Wildman–Crippen LogP) is 2.68. The highest BCUT2D eigenvalue weighted by Gasteiger charge is 2.07. The van der Waals surface area contributed by atoms with Crippen LogP contribution in [0.15, 0.2) is 18.2 Å². The van der Waals surface area contributed by atoms with Crippen LogP contribution in [0.2, 0.25) is 5.02 Å². The molecule has 0 saturated heterocycles. The van der Waals surface area contributed by atoms with Gasteiger partial charge in [0.2, 0.25) is 5.69 Å². The van der Waals surface area contributed by atoms with Crippen molar-refractivity contribution in [3.63, 3.8) is 0 Å². The lowest BCUT2D eigenvalue weighted by Gasteiger charge is -2.00. The minimum absolute atomic E-state index is 0.262. The van der Waals surface area contributed by atoms with Crippen LogP contribution in [0.25, 0.3) is 4.85 Å². The molecule has 0 spiro atoms. The SMILES string of the molecule is [C-]#[N+]c1ccc(C(=O)OC)cc1Cl. The highest BCUT2D eigenvalue weighted by molar-refractivity contribution is 6.33. The van der Waals surface area contributed by atoms with Crippen molar-refractivity contribution in [1.82, 2.24) is 0 Å². The Labute approximate surface area is 80.7 Å². The molecule has 13 heavy (non-hydrogen) atoms. The third kappa shape index (κ3) is 1.98. The Morgan fingerprint density at radius 1 is 1.62 bits per heavy atom. The van der Waals surface area contributed by atoms with Crippen molar-refractivity contribution in [2.24, 2.45) is 0 Å². The largest absolute Gasteiger partial charge is 0.465 e. The molecule has 0 amide bonds. The molecule has 0 saturated carbocycles. The van der Waals surface area contributed by atoms with Gasteiger partial charge in [-0.15, -0.1) is 0 Å². The molecule has 1 aromatic carbocycles. The molecule has 66 valence electrons. The number of esters is 1. The van der Waals surface area contributed by atoms with Crippen LogP contribution >= 0.6 is 11.6 Å². The van der Waals surface area contributed by atoms with E-state index in [2.05, 4.69) is 9.58 Å². The fraction of sp³-hybridized carbons (Fsp3) is 0.111. The van der Waals surface area contributed by atoms with Crippen LogP contribution in [0.1, 0.15) is 10.4 Å². The quantitative estimate of drug-likeness (QED) is 0.510. The first-order chi connectivity index (χ1) is 6.19. The van der Waals surface area contributed by atoms with E-state index >= 15 is 0 Å². The van der Waals surface area contributed by atoms with Gasteiger partial charge < -0.3 is 4.74 Å². The smallest absolute Gasteiger partial charge is 0.337 e. The van der Waals surface area contributed by atoms with E-state index in [0.29, 0.717) is 11.3 Å². The summed E-state index contributed by atoms with van der Waals surface area (Å²) < 4.78 is 4.49. The minimum Gasteiger partial charge on any atom is -0.465 e. The molecular weight excluding hydrogens is 190 g/mol. The Kier molecular flexibility index (Phi) is 2.88. The number of benzene rings is 1. The first kappa shape index (κ1) is 9.56. The fourth-order valence-corrected chi connectivity index (χ4v) is 1.07. The minimum atomic E-state index is -0.460. The predicted molar refractivity (Wildman–Crippen MR) is 49.1 cm³/mol. The maximum atomic E-state index is 11.0. The molecule has 0 fully saturated rings. The van der Waals surface area contributed by atoms with Crippen molar-refractivity contribution < 1.29 is 9.53 Å². The van der Waals surface area contributed by atoms with Crippen molar-refractivity contribution in [1.29, 1.82) is 0 Å². The van der Waals surface area contributed by atoms with Gasteiger partial charge in [0.25, 0.3) is 0 Å². The summed E-state index contributed by atoms with van der Waals surface area (Å²) in [4.78, 5) is 14.2. The topological polar surface area (TPSA) is 30.7 Å². The van der Waals surface area contributed by atoms with Gasteiger partial charge in [-0.1, -0.05) is 23.7 Å². The lowest BCUT2D eigenvalue weighted by Crippen LogP contribution is -2.00. The van der Waals surface area contributed by atoms with E-state index in [4.69, 9.17) is 18.2 Å². The molecule has 1 rings (SSSR count). The zero-order chi connectivity index (χ0) is 9.84. The highest BCUT2D eigenvalue weighted by atomic mass is 35.5. The summed E-state index contributed by atoms with van der Waals surface area (Å²) in [6.07, 6.45) is 0. The summed E-state index contributed by atoms with van der Waals surface area (Å²) >= 11 is 5.71. The van der Waals surface area contributed by atoms with Crippen LogP contribution in [-0.2, 0) is 4.74 Å². The van der Waals surface area contributed by atoms with Crippen LogP contribution in [0.5, 0.6) is 0 Å². The number of hydrogen-bond acceptors (Lipinski definition) is 2. The van der Waals surface area contributed by atoms with Crippen molar-refractivity contribution in [3.05, 3.63) is 40.2 Å². The molecule has 0 heterocycles. The van der Waals surface area contributed by atoms with Gasteiger partial charge in [-0.2, -0.15) is 0 Å². The number of nitrogens with zero attached hydrogens (tertiary/aromatic N) is 1. The van der Waals surface area contributed by atoms with E-state index in [0.717, 1.165) is 0 Å². The second-order valence-electron chi connectivity index (χ2n) is 2.27. The number of ether oxygens (including phenoxy) is 1. The van der Waals surface area contributed by atoms with E-state index in [-0.39, 0.29) is 5.02 Å². The molecule has 0 aliphatic rings. The molecule has 0 atom stereocenters. The van der Waals surface area contributed by atoms with E-state index in [9.17, 15) is 4.79 Å². The van der Waals surface area contributed by atoms with Crippen molar-refractivity contribution in [2.45, 2.75) is 0 Å². The number of halogens is 1. The van der Waals surface area contributed by atoms with Crippen LogP contribution in [0, 0.1) is 6.57 Å². The number of rotatable bonds is 1. The number of hydrogen-bond donors (Lipinski definition) is 0. The summed E-state index contributed by atoms with van der Waals surface area (Å²) in [5.41, 5.74) is 0.675. The Morgan fingerprint density at radius 2 is 2.31 bits per heavy atom. The lowest BCUT2D eigenvalue weighted by molar-refractivity contribution is 0.0601. The fourth-order valence-electron chi connectivity index (χ4n) is 0.842. The summed E-state index contributed by atoms with van der Waals surface area (Å²) in [6.45, 7) is 6.73. The third-order valence-electron chi connectivity index (χ3n) is 1.49. The van der Waals surface area contributed by atoms with Crippen molar-refractivity contribution >= 4 is 23.3 Å². The van der Waals surface area contributed by atoms with Crippen LogP contribution in [-0.4, -0.2) is 13.1 Å². The molecule has 0 radical (unpaired) electrons. The first-order valence-corrected chi connectivity index (χ1v) is 3.82. The Morgan fingerprint density at radius 3 is 2.77 bits per heavy atom. The second-order valence-corrected chi connectivity index (χ2v) is 2.68. The summed E-state index contributed by atoms with van der Waals surface area (Å²) in [5.74, 6) is -0.460. The second kappa shape index (κ2) is 3.92. The average Bonchev–Trinajstić information content (AvgIpc) is 2.16. The number of carbonyl (C=O) groups is 1. The maximum absolute atomic E-state index is 11.0. The summed E-state index contributed by atoms with van der Waals surface area (Å²) in [6, 6.07) is 4.41. The maximum Gasteiger partial charge on any atom is 0.337 e. The monoisotopic (exact) mass is 195 g/mol. The first-order valence-electron chi connectivity index (χ1n) is 3.44. The molecule has 0 aliphatic carbocycles. The molecule has 0 bridgehead atoms. The zero-order valence-corrected chi connectivity index (χ0v) is 7.63. The van der Waals surface area contributed by atoms with E-state index in [1.54, 1.807) is 0 Å². The van der Waals surface area contributed by atoms with Gasteiger partial charge in [0.05, 0.1) is 19.2 Å². The van der Waals surface area contributed by atoms with Crippen LogP contribution < -0.4 is 0 Å². The van der Waals surface area contributed by atoms with Crippen LogP contribution in [0.4, 0.5) is 5.69 Å². The molecule has 1 aromatic rings. The number of carbonyl (C=O) groups excluding carboxylic acids is 1. The van der Waals surface area contributed by atoms with E-state index in [1.165, 1.54) is 25.3 Å². The van der Waals surface area contributed by atoms with E-state index in [1.807, 2.05) is 0 Å². The van der Waals surface area contributed by atoms with Crippen LogP contribution in [0.3, 0.4) is 0 Å². The Hall–Kier alpha value is -1.53. The molecule has 0 aromatic heterocycles. The van der Waals surface area contributed by atoms with Gasteiger partial charge in [-0.3, -0.25) is 0 Å². The molecule has 0 aliphatic heterocycles. The molecule has 3 nitrogen and oxygen atoms in total. The van der Waals surface area contributed by atoms with E-state index < -0.39 is 5.97 Å². The molecule has 0 unspecified atom stereocenters. The van der Waals surface area contributed by atoms with Gasteiger partial charge in [-0.05, 0) is 6.07 Å². The molecule has 0 N–H and O–H groups in total. The van der Waals surface area contributed by atoms with Gasteiger partial charge in [0.1, 0.15) is 0 Å². The number of methoxy groups -OCH3 is 1. The normalized spacial score (nSPS) is 9.00. The van der Waals surface area contributed by atoms with Gasteiger partial charge in [0.15, 0.2) is 0 Å². The van der Waals surface area contributed by atoms with Crippen molar-refractivity contribution in [2.75, 3.05) is 7.11 Å². The molecule has 4 heteroatoms. The van der Waals surface area contributed by atoms with Gasteiger partial charge in [0, 0.05) is 5.02 Å². The average molecular weight is 196 g/mol. The Bertz CT molecular complexity index is 382. The standard InChI is InChI=1S/C9H6ClNO2/c1-11-8-4-3-6(5-7(8)10)9(12)13-2/h3-5H,2H3. The zero-order valence-electron chi connectivity index (χ0n) is 6.87. The highest BCUT2D eigenvalue weighted by Crippen LogP contribution is 2.25. The van der Waals surface area contributed by atoms with Gasteiger partial charge >= 0.3 is 5.97 Å². The third-order valence-corrected chi connectivity index (χ3v) is 1.79. The van der Waals surface area contributed by atoms with Gasteiger partial charge in [-0.25, -0.2) is 9.64 Å². The lowest BCUT2D eigenvalue weighted by atomic mass is 10.2. The summed E-state index contributed by atoms with van der Waals surface area (Å²) in [7, 11) is 1.29. The summed E-state index contributed by atoms with van der Waals surface area (Å²) in [5, 5.41) is 0.262. The Balaban J connectivity index is 3.11.